The summed E-state index contributed by atoms with van der Waals surface area (Å²) in [7, 11) is 1.52. The van der Waals surface area contributed by atoms with E-state index in [1.165, 1.54) is 12.3 Å². The average molecular weight is 849 g/mol. The van der Waals surface area contributed by atoms with Crippen LogP contribution in [0.25, 0.3) is 0 Å². The molecule has 0 spiro atoms. The van der Waals surface area contributed by atoms with Crippen molar-refractivity contribution in [1.82, 2.24) is 19.5 Å². The molecule has 2 N–H and O–H groups in total. The van der Waals surface area contributed by atoms with E-state index in [4.69, 9.17) is 23.3 Å². The number of carbonyl (C=O) groups excluding carboxylic acids is 2. The highest BCUT2D eigenvalue weighted by Gasteiger charge is 2.39. The number of nitrogens with zero attached hydrogens (tertiary/aromatic N) is 4. The van der Waals surface area contributed by atoms with Gasteiger partial charge in [-0.05, 0) is 86.8 Å². The van der Waals surface area contributed by atoms with E-state index >= 15 is 0 Å². The van der Waals surface area contributed by atoms with Gasteiger partial charge in [-0.2, -0.15) is 10.2 Å². The molecule has 2 atom stereocenters. The first kappa shape index (κ1) is 46.1. The summed E-state index contributed by atoms with van der Waals surface area (Å²) >= 11 is 0. The lowest BCUT2D eigenvalue weighted by molar-refractivity contribution is -0.123. The molecule has 0 bridgehead atoms. The Labute approximate surface area is 358 Å². The van der Waals surface area contributed by atoms with Crippen molar-refractivity contribution in [1.29, 1.82) is 5.26 Å². The van der Waals surface area contributed by atoms with Crippen LogP contribution in [0.4, 0.5) is 5.82 Å². The van der Waals surface area contributed by atoms with E-state index in [2.05, 4.69) is 26.4 Å². The third-order valence-electron chi connectivity index (χ3n) is 9.55. The zero-order valence-electron chi connectivity index (χ0n) is 35.3. The third-order valence-corrected chi connectivity index (χ3v) is 11.6. The Hall–Kier alpha value is -5.94. The van der Waals surface area contributed by atoms with Crippen molar-refractivity contribution in [3.05, 3.63) is 154 Å². The van der Waals surface area contributed by atoms with Crippen LogP contribution in [0.3, 0.4) is 0 Å². The number of rotatable bonds is 22. The molecule has 5 aromatic rings. The molecular formula is C46H53N6O8P. The standard InChI is InChI=1S/C46H53N6O8P/c1-33(2)52(34(3)4)61(59-29-13-27-47)60-32-39(48-43(53)30-51-28-26-42(50-45(51)55)49-44(54)35-14-9-7-10-15-35)31-58-46(36-16-11-8-12-17-36,37-18-22-40(56-5)23-19-37)38-20-24-41(57-6)25-21-38/h7-12,14-26,28,33-34,39H,13,29-32H2,1-6H3,(H,48,53)(H,49,50,54,55)/t39-,61?/m0/s1. The van der Waals surface area contributed by atoms with Crippen molar-refractivity contribution in [3.8, 4) is 17.6 Å². The molecule has 61 heavy (non-hydrogen) atoms. The average Bonchev–Trinajstić information content (AvgIpc) is 3.27. The van der Waals surface area contributed by atoms with Gasteiger partial charge >= 0.3 is 5.69 Å². The number of carbonyl (C=O) groups is 2. The number of anilines is 1. The molecule has 15 heteroatoms. The highest BCUT2D eigenvalue weighted by atomic mass is 31.2. The Bertz CT molecular complexity index is 2200. The first-order valence-corrected chi connectivity index (χ1v) is 21.0. The number of methoxy groups -OCH3 is 2. The first-order valence-electron chi connectivity index (χ1n) is 19.9. The molecule has 1 unspecified atom stereocenters. The van der Waals surface area contributed by atoms with Crippen LogP contribution in [-0.2, 0) is 30.7 Å². The van der Waals surface area contributed by atoms with Crippen LogP contribution >= 0.6 is 8.53 Å². The normalized spacial score (nSPS) is 12.5. The Balaban J connectivity index is 1.49. The van der Waals surface area contributed by atoms with E-state index in [1.54, 1.807) is 44.6 Å². The predicted octanol–water partition coefficient (Wildman–Crippen LogP) is 7.30. The maximum absolute atomic E-state index is 13.9. The Morgan fingerprint density at radius 1 is 0.787 bits per heavy atom. The Kier molecular flexibility index (Phi) is 17.1. The summed E-state index contributed by atoms with van der Waals surface area (Å²) in [5.74, 6) is 0.446. The van der Waals surface area contributed by atoms with Gasteiger partial charge < -0.3 is 33.9 Å². The van der Waals surface area contributed by atoms with E-state index in [0.717, 1.165) is 21.3 Å². The van der Waals surface area contributed by atoms with E-state index in [-0.39, 0.29) is 50.7 Å². The maximum atomic E-state index is 13.9. The molecular weight excluding hydrogens is 796 g/mol. The highest BCUT2D eigenvalue weighted by Crippen LogP contribution is 2.46. The molecule has 0 aliphatic rings. The monoisotopic (exact) mass is 848 g/mol. The molecule has 14 nitrogen and oxygen atoms in total. The lowest BCUT2D eigenvalue weighted by atomic mass is 9.80. The number of aromatic nitrogens is 2. The Morgan fingerprint density at radius 3 is 1.87 bits per heavy atom. The molecule has 320 valence electrons. The summed E-state index contributed by atoms with van der Waals surface area (Å²) in [4.78, 5) is 43.8. The van der Waals surface area contributed by atoms with E-state index < -0.39 is 37.7 Å². The summed E-state index contributed by atoms with van der Waals surface area (Å²) in [6, 6.07) is 36.4. The molecule has 0 aliphatic heterocycles. The lowest BCUT2D eigenvalue weighted by Crippen LogP contribution is -2.46. The van der Waals surface area contributed by atoms with Crippen molar-refractivity contribution in [2.45, 2.75) is 64.4 Å². The molecule has 0 fully saturated rings. The van der Waals surface area contributed by atoms with Crippen molar-refractivity contribution in [2.24, 2.45) is 0 Å². The summed E-state index contributed by atoms with van der Waals surface area (Å²) in [6.45, 7) is 7.82. The molecule has 5 rings (SSSR count). The first-order chi connectivity index (χ1) is 29.5. The summed E-state index contributed by atoms with van der Waals surface area (Å²) in [6.07, 6.45) is 1.58. The van der Waals surface area contributed by atoms with Crippen molar-refractivity contribution in [2.75, 3.05) is 39.4 Å². The summed E-state index contributed by atoms with van der Waals surface area (Å²) in [5, 5.41) is 14.9. The fourth-order valence-electron chi connectivity index (χ4n) is 6.72. The van der Waals surface area contributed by atoms with Gasteiger partial charge in [0.2, 0.25) is 5.91 Å². The smallest absolute Gasteiger partial charge is 0.349 e. The number of nitrogens with one attached hydrogen (secondary N) is 2. The summed E-state index contributed by atoms with van der Waals surface area (Å²) in [5.41, 5.74) is 0.871. The third kappa shape index (κ3) is 12.3. The maximum Gasteiger partial charge on any atom is 0.349 e. The van der Waals surface area contributed by atoms with Gasteiger partial charge in [-0.1, -0.05) is 72.8 Å². The largest absolute Gasteiger partial charge is 0.497 e. The van der Waals surface area contributed by atoms with Gasteiger partial charge in [-0.15, -0.1) is 0 Å². The van der Waals surface area contributed by atoms with Crippen LogP contribution in [0.5, 0.6) is 11.5 Å². The second kappa shape index (κ2) is 22.6. The molecule has 0 saturated heterocycles. The molecule has 0 aliphatic carbocycles. The number of ether oxygens (including phenoxy) is 3. The molecule has 0 radical (unpaired) electrons. The molecule has 0 saturated carbocycles. The van der Waals surface area contributed by atoms with Crippen LogP contribution < -0.4 is 25.8 Å². The SMILES string of the molecule is COc1ccc(C(OC[C@@H](COP(OCCC#N)N(C(C)C)C(C)C)NC(=O)Cn2ccc(NC(=O)c3ccccc3)nc2=O)(c2ccccc2)c2ccc(OC)cc2)cc1. The minimum Gasteiger partial charge on any atom is -0.497 e. The van der Waals surface area contributed by atoms with E-state index in [0.29, 0.717) is 17.1 Å². The van der Waals surface area contributed by atoms with Crippen LogP contribution in [-0.4, -0.2) is 78.2 Å². The topological polar surface area (TPSA) is 166 Å². The minimum absolute atomic E-state index is 0.0354. The quantitative estimate of drug-likeness (QED) is 0.0408. The summed E-state index contributed by atoms with van der Waals surface area (Å²) < 4.78 is 34.1. The van der Waals surface area contributed by atoms with Crippen LogP contribution in [0.1, 0.15) is 61.2 Å². The van der Waals surface area contributed by atoms with Gasteiger partial charge in [0.25, 0.3) is 14.4 Å². The van der Waals surface area contributed by atoms with Gasteiger partial charge in [0.15, 0.2) is 0 Å². The molecule has 2 amide bonds. The number of nitriles is 1. The molecule has 4 aromatic carbocycles. The predicted molar refractivity (Wildman–Crippen MR) is 234 cm³/mol. The number of amides is 2. The van der Waals surface area contributed by atoms with Crippen LogP contribution in [0.2, 0.25) is 0 Å². The van der Waals surface area contributed by atoms with Crippen molar-refractivity contribution >= 4 is 26.2 Å². The van der Waals surface area contributed by atoms with Gasteiger partial charge in [-0.3, -0.25) is 14.2 Å². The minimum atomic E-state index is -1.69. The van der Waals surface area contributed by atoms with Crippen LogP contribution in [0, 0.1) is 11.3 Å². The van der Waals surface area contributed by atoms with Gasteiger partial charge in [0.1, 0.15) is 29.5 Å². The second-order valence-corrected chi connectivity index (χ2v) is 15.9. The van der Waals surface area contributed by atoms with E-state index in [9.17, 15) is 19.6 Å². The van der Waals surface area contributed by atoms with Gasteiger partial charge in [0, 0.05) is 23.8 Å². The number of hydrogen-bond donors (Lipinski definition) is 2. The molecule has 1 aromatic heterocycles. The fraction of sp³-hybridized carbons (Fsp3) is 0.326. The highest BCUT2D eigenvalue weighted by molar-refractivity contribution is 7.44. The zero-order valence-corrected chi connectivity index (χ0v) is 36.2. The zero-order chi connectivity index (χ0) is 43.8. The van der Waals surface area contributed by atoms with E-state index in [1.807, 2.05) is 107 Å². The Morgan fingerprint density at radius 2 is 1.34 bits per heavy atom. The van der Waals surface area contributed by atoms with Crippen LogP contribution in [0.15, 0.2) is 126 Å². The second-order valence-electron chi connectivity index (χ2n) is 14.5. The van der Waals surface area contributed by atoms with Crippen molar-refractivity contribution in [3.63, 3.8) is 0 Å². The lowest BCUT2D eigenvalue weighted by Gasteiger charge is -2.38. The molecule has 1 heterocycles. The fourth-order valence-corrected chi connectivity index (χ4v) is 8.37. The van der Waals surface area contributed by atoms with Gasteiger partial charge in [0.05, 0.1) is 52.6 Å². The van der Waals surface area contributed by atoms with Crippen molar-refractivity contribution < 1.29 is 32.8 Å². The number of benzene rings is 4. The van der Waals surface area contributed by atoms with Gasteiger partial charge in [-0.25, -0.2) is 9.46 Å². The number of hydrogen-bond acceptors (Lipinski definition) is 11.